The van der Waals surface area contributed by atoms with E-state index in [9.17, 15) is 84.6 Å². The maximum Gasteiger partial charge on any atom is 0.411 e. The van der Waals surface area contributed by atoms with E-state index in [1.54, 1.807) is 52.5 Å². The fraction of sp³-hybridized carbons (Fsp3) is 0.520. The first-order chi connectivity index (χ1) is 66.1. The van der Waals surface area contributed by atoms with Crippen LogP contribution in [0.2, 0.25) is 0 Å². The maximum absolute atomic E-state index is 13.2. The summed E-state index contributed by atoms with van der Waals surface area (Å²) in [5.41, 5.74) is 7.18. The molecule has 10 aliphatic heterocycles. The lowest BCUT2D eigenvalue weighted by atomic mass is 10.1. The quantitative estimate of drug-likeness (QED) is 0.0548. The minimum absolute atomic E-state index is 0.00583. The normalized spacial score (nSPS) is 22.9. The Labute approximate surface area is 809 Å². The standard InChI is InChI=1S/C23H26N4O2.C23H24N4O2.C21H28N4O4.C16H20N4O2.C10H17NO5.C5H9NO3.2C2H6/c2*24-15-19-8-4-5-9-21(19)25-10-12-26(13-11-25)23(29)22-14-20(28)17-27(22)16-18-6-2-1-3-7-18;1-21(2,3)29-20(28)25-14-16(26)12-18(25)19(27)24-10-8-23(9-11-24)17-7-5-4-6-15(17)13-22;17-10-12-3-1-2-4-15(12)19-5-7-20(8-6-19)16(22)14-9-13(21)11-18-14;1-10(2,3)16-9(15)11-5-6(12)4-7(11)8(13)14;7-3-1-4(5(8)9)6-2-3;2*1-2/h1-9,20,22,28H,10-14,16-17H2;1-9,22H,10-14,16-17H2;4-7,16,18,26H,8-12,14H2,1-3H3;1-4,13-14,18,21H,5-9,11H2;6-7,12H,4-5H2,1-3H3,(H,13,14);3-4,6-7H,1-2H2,(H,8,9);2*1-2H3/t20-,22+;22-;16-,18+;13-,14+;6-,7+;3-,4+;;/m101111../s1. The molecule has 16 rings (SSSR count). The van der Waals surface area contributed by atoms with Gasteiger partial charge in [0.05, 0.1) is 113 Å². The van der Waals surface area contributed by atoms with Crippen molar-refractivity contribution in [3.05, 3.63) is 191 Å². The van der Waals surface area contributed by atoms with E-state index in [4.69, 9.17) is 24.8 Å². The first kappa shape index (κ1) is 109. The molecular formula is C102H136N18O18. The number of piperazine rings is 4. The Kier molecular flexibility index (Phi) is 41.5. The molecule has 10 fully saturated rings. The van der Waals surface area contributed by atoms with Gasteiger partial charge in [0.15, 0.2) is 0 Å². The van der Waals surface area contributed by atoms with Crippen LogP contribution in [-0.2, 0) is 56.1 Å². The van der Waals surface area contributed by atoms with Gasteiger partial charge in [0, 0.05) is 163 Å². The van der Waals surface area contributed by atoms with Gasteiger partial charge in [0.25, 0.3) is 0 Å². The van der Waals surface area contributed by atoms with Gasteiger partial charge in [-0.25, -0.2) is 14.4 Å². The number of Topliss-reactive ketones (excluding diaryl/α,β-unsaturated/α-hetero) is 1. The number of carboxylic acid groups (broad SMARTS) is 2. The molecule has 0 radical (unpaired) electrons. The number of hydrogen-bond acceptors (Lipinski definition) is 28. The predicted octanol–water partition coefficient (Wildman–Crippen LogP) is 6.69. The molecule has 0 saturated carbocycles. The third kappa shape index (κ3) is 31.1. The van der Waals surface area contributed by atoms with Crippen molar-refractivity contribution in [2.45, 2.75) is 199 Å². The van der Waals surface area contributed by atoms with E-state index in [1.165, 1.54) is 4.90 Å². The first-order valence-corrected chi connectivity index (χ1v) is 47.6. The van der Waals surface area contributed by atoms with E-state index < -0.39 is 84.0 Å². The summed E-state index contributed by atoms with van der Waals surface area (Å²) in [6.45, 7) is 31.7. The second-order valence-corrected chi connectivity index (χ2v) is 36.7. The number of aliphatic hydroxyl groups excluding tert-OH is 5. The third-order valence-electron chi connectivity index (χ3n) is 24.7. The molecule has 10 heterocycles. The molecule has 0 aromatic heterocycles. The number of likely N-dealkylation sites (tertiary alicyclic amines) is 4. The van der Waals surface area contributed by atoms with Crippen LogP contribution in [0.1, 0.15) is 141 Å². The molecule has 6 amide bonds. The van der Waals surface area contributed by atoms with Crippen LogP contribution in [0.25, 0.3) is 0 Å². The number of carbonyl (C=O) groups is 9. The fourth-order valence-corrected chi connectivity index (χ4v) is 18.0. The summed E-state index contributed by atoms with van der Waals surface area (Å²) >= 11 is 0. The summed E-state index contributed by atoms with van der Waals surface area (Å²) in [5, 5.41) is 108. The van der Waals surface area contributed by atoms with Gasteiger partial charge < -0.3 is 95.1 Å². The number of para-hydroxylation sites is 4. The minimum atomic E-state index is -1.12. The molecule has 11 atom stereocenters. The van der Waals surface area contributed by atoms with Gasteiger partial charge in [-0.05, 0) is 114 Å². The van der Waals surface area contributed by atoms with Crippen molar-refractivity contribution in [2.75, 3.05) is 164 Å². The zero-order valence-electron chi connectivity index (χ0n) is 80.9. The monoisotopic (exact) mass is 1900 g/mol. The van der Waals surface area contributed by atoms with Crippen LogP contribution in [-0.4, -0.2) is 350 Å². The first-order valence-electron chi connectivity index (χ1n) is 47.6. The van der Waals surface area contributed by atoms with E-state index in [0.717, 1.165) is 51.9 Å². The van der Waals surface area contributed by atoms with Crippen molar-refractivity contribution in [3.8, 4) is 24.3 Å². The summed E-state index contributed by atoms with van der Waals surface area (Å²) in [5.74, 6) is -1.83. The van der Waals surface area contributed by atoms with Gasteiger partial charge in [-0.1, -0.05) is 137 Å². The van der Waals surface area contributed by atoms with Gasteiger partial charge in [-0.15, -0.1) is 0 Å². The maximum atomic E-state index is 13.2. The number of carbonyl (C=O) groups excluding carboxylic acids is 7. The van der Waals surface area contributed by atoms with Crippen molar-refractivity contribution < 1.29 is 88.4 Å². The number of rotatable bonds is 14. The molecule has 6 aromatic rings. The Morgan fingerprint density at radius 2 is 0.652 bits per heavy atom. The molecular weight excluding hydrogens is 1770 g/mol. The van der Waals surface area contributed by atoms with E-state index in [-0.39, 0.29) is 73.5 Å². The van der Waals surface area contributed by atoms with Gasteiger partial charge in [-0.2, -0.15) is 21.0 Å². The van der Waals surface area contributed by atoms with Crippen LogP contribution in [0.4, 0.5) is 32.3 Å². The van der Waals surface area contributed by atoms with Crippen LogP contribution in [0.3, 0.4) is 0 Å². The molecule has 0 aliphatic carbocycles. The minimum Gasteiger partial charge on any atom is -0.480 e. The Morgan fingerprint density at radius 1 is 0.355 bits per heavy atom. The largest absolute Gasteiger partial charge is 0.480 e. The lowest BCUT2D eigenvalue weighted by Crippen LogP contribution is -2.55. The highest BCUT2D eigenvalue weighted by atomic mass is 16.6. The van der Waals surface area contributed by atoms with Crippen LogP contribution in [0, 0.1) is 45.3 Å². The Hall–Kier alpha value is -12.9. The predicted molar refractivity (Wildman–Crippen MR) is 519 cm³/mol. The lowest BCUT2D eigenvalue weighted by Gasteiger charge is -2.38. The number of anilines is 4. The summed E-state index contributed by atoms with van der Waals surface area (Å²) in [7, 11) is 0. The number of aliphatic carboxylic acids is 2. The summed E-state index contributed by atoms with van der Waals surface area (Å²) in [4.78, 5) is 132. The smallest absolute Gasteiger partial charge is 0.411 e. The SMILES string of the molecule is CC.CC.CC(C)(C)OC(=O)N1C[C@H](O)C[C@H]1C(=O)N1CCN(c2ccccc2C#N)CC1.CC(C)(C)OC(=O)N1C[C@H](O)C[C@H]1C(=O)O.N#Cc1ccccc1N1CCN(C(=O)[C@@H]2CC(=O)CN2Cc2ccccc2)CC1.N#Cc1ccccc1N1CCN(C(=O)[C@@H]2C[C@@H](O)CN2)CC1.N#Cc1ccccc1N1CCN(C(=O)[C@@H]2C[C@@H](O)CN2Cc2ccccc2)CC1.O=C(O)[C@@H]1C[C@@H](O)CN1. The zero-order chi connectivity index (χ0) is 101. The highest BCUT2D eigenvalue weighted by Gasteiger charge is 2.46. The Bertz CT molecular complexity index is 5180. The number of nitriles is 4. The van der Waals surface area contributed by atoms with E-state index in [2.05, 4.69) is 71.5 Å². The lowest BCUT2D eigenvalue weighted by molar-refractivity contribution is -0.142. The summed E-state index contributed by atoms with van der Waals surface area (Å²) < 4.78 is 10.5. The van der Waals surface area contributed by atoms with E-state index in [0.29, 0.717) is 179 Å². The van der Waals surface area contributed by atoms with Crippen LogP contribution in [0.5, 0.6) is 0 Å². The van der Waals surface area contributed by atoms with Crippen LogP contribution < -0.4 is 30.2 Å². The number of β-amino-alcohol motifs (C(OH)–C–C–N with tert-alkyl or cyclic N) is 5. The average Bonchev–Trinajstić information content (AvgIpc) is 1.63. The third-order valence-corrected chi connectivity index (χ3v) is 24.7. The zero-order valence-corrected chi connectivity index (χ0v) is 80.9. The molecule has 36 heteroatoms. The van der Waals surface area contributed by atoms with Crippen LogP contribution in [0.15, 0.2) is 158 Å². The second-order valence-electron chi connectivity index (χ2n) is 36.7. The highest BCUT2D eigenvalue weighted by molar-refractivity contribution is 5.94. The second kappa shape index (κ2) is 52.6. The fourth-order valence-electron chi connectivity index (χ4n) is 18.0. The summed E-state index contributed by atoms with van der Waals surface area (Å²) in [6.07, 6.45) is -2.29. The molecule has 9 N–H and O–H groups in total. The highest BCUT2D eigenvalue weighted by Crippen LogP contribution is 2.32. The number of ether oxygens (including phenoxy) is 2. The Morgan fingerprint density at radius 3 is 0.978 bits per heavy atom. The van der Waals surface area contributed by atoms with Gasteiger partial charge in [0.1, 0.15) is 59.4 Å². The molecule has 742 valence electrons. The average molecular weight is 1900 g/mol. The number of ketones is 1. The number of nitrogens with one attached hydrogen (secondary N) is 2. The van der Waals surface area contributed by atoms with Crippen LogP contribution >= 0.6 is 0 Å². The Balaban J connectivity index is 0.000000189. The van der Waals surface area contributed by atoms with Gasteiger partial charge in [-0.3, -0.25) is 48.4 Å². The number of carboxylic acids is 2. The van der Waals surface area contributed by atoms with Crippen molar-refractivity contribution in [3.63, 3.8) is 0 Å². The summed E-state index contributed by atoms with van der Waals surface area (Å²) in [6, 6.07) is 55.9. The molecule has 0 spiro atoms. The molecule has 10 saturated heterocycles. The van der Waals surface area contributed by atoms with E-state index in [1.807, 2.05) is 187 Å². The van der Waals surface area contributed by atoms with Crippen molar-refractivity contribution in [1.82, 2.24) is 49.8 Å². The number of amides is 6. The van der Waals surface area contributed by atoms with Crippen molar-refractivity contribution in [1.29, 1.82) is 21.0 Å². The molecule has 6 aromatic carbocycles. The number of hydrogen-bond donors (Lipinski definition) is 9. The molecule has 138 heavy (non-hydrogen) atoms. The molecule has 0 unspecified atom stereocenters. The number of nitrogens with zero attached hydrogens (tertiary/aromatic N) is 16. The van der Waals surface area contributed by atoms with Crippen molar-refractivity contribution in [2.24, 2.45) is 0 Å². The molecule has 10 aliphatic rings. The molecule has 0 bridgehead atoms. The van der Waals surface area contributed by atoms with Crippen molar-refractivity contribution >= 4 is 76.3 Å². The van der Waals surface area contributed by atoms with Gasteiger partial charge >= 0.3 is 24.1 Å². The van der Waals surface area contributed by atoms with E-state index >= 15 is 0 Å². The number of aliphatic hydroxyl groups is 5. The van der Waals surface area contributed by atoms with Gasteiger partial charge in [0.2, 0.25) is 23.6 Å². The molecule has 36 nitrogen and oxygen atoms in total. The number of benzene rings is 6. The topological polar surface area (TPSA) is 472 Å².